The molecule has 3 aromatic rings. The molecule has 0 saturated heterocycles. The van der Waals surface area contributed by atoms with Gasteiger partial charge in [0.15, 0.2) is 5.76 Å². The number of aromatic nitrogens is 3. The molecule has 3 N–H and O–H groups in total. The Bertz CT molecular complexity index is 1050. The van der Waals surface area contributed by atoms with Crippen molar-refractivity contribution in [2.24, 2.45) is 0 Å². The molecule has 1 amide bonds. The molecule has 8 nitrogen and oxygen atoms in total. The van der Waals surface area contributed by atoms with Crippen molar-refractivity contribution in [2.75, 3.05) is 12.8 Å². The molecule has 0 fully saturated rings. The molecular weight excluding hydrogens is 334 g/mol. The van der Waals surface area contributed by atoms with E-state index < -0.39 is 0 Å². The molecule has 0 aromatic carbocycles. The van der Waals surface area contributed by atoms with Gasteiger partial charge < -0.3 is 15.1 Å². The number of nitrogens with zero attached hydrogens (tertiary/aromatic N) is 4. The van der Waals surface area contributed by atoms with E-state index in [9.17, 15) is 10.0 Å². The van der Waals surface area contributed by atoms with Crippen molar-refractivity contribution in [3.63, 3.8) is 0 Å². The molecule has 0 bridgehead atoms. The molecule has 0 spiro atoms. The molecule has 1 aliphatic rings. The van der Waals surface area contributed by atoms with Crippen molar-refractivity contribution in [2.45, 2.75) is 6.92 Å². The summed E-state index contributed by atoms with van der Waals surface area (Å²) in [6.45, 7) is 1.82. The van der Waals surface area contributed by atoms with Crippen molar-refractivity contribution in [3.05, 3.63) is 59.2 Å². The summed E-state index contributed by atoms with van der Waals surface area (Å²) in [5, 5.41) is 9.35. The Kier molecular flexibility index (Phi) is 3.47. The first-order valence-electron chi connectivity index (χ1n) is 7.89. The molecule has 0 radical (unpaired) electrons. The number of anilines is 1. The molecule has 4 heterocycles. The number of aryl methyl sites for hydroxylation is 1. The number of amides is 1. The summed E-state index contributed by atoms with van der Waals surface area (Å²) >= 11 is 0. The number of carbonyl (C=O) groups excluding carboxylic acids is 1. The molecule has 26 heavy (non-hydrogen) atoms. The van der Waals surface area contributed by atoms with E-state index in [0.29, 0.717) is 34.2 Å². The Balaban J connectivity index is 1.92. The first-order chi connectivity index (χ1) is 12.4. The third kappa shape index (κ3) is 2.48. The summed E-state index contributed by atoms with van der Waals surface area (Å²) in [7, 11) is 1.67. The van der Waals surface area contributed by atoms with Crippen LogP contribution in [-0.4, -0.2) is 33.0 Å². The van der Waals surface area contributed by atoms with Gasteiger partial charge in [0.25, 0.3) is 5.91 Å². The molecule has 130 valence electrons. The third-order valence-electron chi connectivity index (χ3n) is 4.17. The van der Waals surface area contributed by atoms with Gasteiger partial charge >= 0.3 is 0 Å². The average molecular weight is 350 g/mol. The van der Waals surface area contributed by atoms with Gasteiger partial charge in [-0.1, -0.05) is 0 Å². The molecule has 8 heteroatoms. The number of nitrogen functional groups attached to an aromatic ring is 1. The number of nitrogens with two attached hydrogens (primary N) is 1. The Morgan fingerprint density at radius 2 is 1.88 bits per heavy atom. The molecular formula is C18H16N5O3+. The van der Waals surface area contributed by atoms with Crippen LogP contribution in [0.4, 0.5) is 5.95 Å². The lowest BCUT2D eigenvalue weighted by molar-refractivity contribution is -0.904. The fourth-order valence-corrected chi connectivity index (χ4v) is 2.89. The standard InChI is InChI=1S/C18H15N5O3/c1-10-3-4-13(26-10)16-14-15(20-18(19)21-16)12(22(2)17(14)24)9-11-5-7-23(25)8-6-11/h3-9H,1-2H3,(H2-,19,20,21,24,25)/p+1. The number of carbonyl (C=O) groups is 1. The minimum Gasteiger partial charge on any atom is -0.460 e. The lowest BCUT2D eigenvalue weighted by Gasteiger charge is -2.10. The third-order valence-corrected chi connectivity index (χ3v) is 4.17. The first kappa shape index (κ1) is 15.8. The molecule has 0 saturated carbocycles. The van der Waals surface area contributed by atoms with Crippen LogP contribution >= 0.6 is 0 Å². The quantitative estimate of drug-likeness (QED) is 0.538. The van der Waals surface area contributed by atoms with E-state index in [4.69, 9.17) is 10.2 Å². The predicted molar refractivity (Wildman–Crippen MR) is 92.7 cm³/mol. The van der Waals surface area contributed by atoms with Crippen molar-refractivity contribution in [3.8, 4) is 11.5 Å². The van der Waals surface area contributed by atoms with E-state index in [0.717, 1.165) is 10.3 Å². The minimum atomic E-state index is -0.233. The SMILES string of the molecule is Cc1ccc(-c2nc(N)nc3c2C(=O)N(C)/C3=C\c2cc[n+](O)cc2)o1. The van der Waals surface area contributed by atoms with Gasteiger partial charge in [-0.05, 0) is 30.7 Å². The van der Waals surface area contributed by atoms with Gasteiger partial charge in [-0.25, -0.2) is 9.97 Å². The van der Waals surface area contributed by atoms with Crippen LogP contribution in [0.1, 0.15) is 27.4 Å². The van der Waals surface area contributed by atoms with Gasteiger partial charge in [0.05, 0.1) is 11.3 Å². The molecule has 0 aliphatic carbocycles. The zero-order chi connectivity index (χ0) is 18.4. The van der Waals surface area contributed by atoms with Crippen LogP contribution in [0.5, 0.6) is 0 Å². The van der Waals surface area contributed by atoms with Crippen LogP contribution in [0.3, 0.4) is 0 Å². The van der Waals surface area contributed by atoms with Gasteiger partial charge in [-0.2, -0.15) is 0 Å². The smallest absolute Gasteiger partial charge is 0.262 e. The highest BCUT2D eigenvalue weighted by molar-refractivity contribution is 6.13. The van der Waals surface area contributed by atoms with Crippen LogP contribution in [0.2, 0.25) is 0 Å². The van der Waals surface area contributed by atoms with E-state index >= 15 is 0 Å². The Morgan fingerprint density at radius 3 is 2.54 bits per heavy atom. The summed E-state index contributed by atoms with van der Waals surface area (Å²) in [5.74, 6) is 1.01. The summed E-state index contributed by atoms with van der Waals surface area (Å²) < 4.78 is 6.57. The lowest BCUT2D eigenvalue weighted by Crippen LogP contribution is -2.27. The predicted octanol–water partition coefficient (Wildman–Crippen LogP) is 1.74. The summed E-state index contributed by atoms with van der Waals surface area (Å²) in [4.78, 5) is 22.9. The number of hydrogen-bond acceptors (Lipinski definition) is 6. The summed E-state index contributed by atoms with van der Waals surface area (Å²) in [5.41, 5.74) is 8.47. The Hall–Kier alpha value is -3.68. The van der Waals surface area contributed by atoms with E-state index in [-0.39, 0.29) is 11.9 Å². The summed E-state index contributed by atoms with van der Waals surface area (Å²) in [6, 6.07) is 6.98. The van der Waals surface area contributed by atoms with Crippen LogP contribution in [0, 0.1) is 6.92 Å². The maximum Gasteiger partial charge on any atom is 0.262 e. The van der Waals surface area contributed by atoms with Crippen LogP contribution in [-0.2, 0) is 0 Å². The average Bonchev–Trinajstić information content (AvgIpc) is 3.14. The van der Waals surface area contributed by atoms with Crippen LogP contribution in [0.15, 0.2) is 41.1 Å². The summed E-state index contributed by atoms with van der Waals surface area (Å²) in [6.07, 6.45) is 4.79. The maximum absolute atomic E-state index is 12.8. The van der Waals surface area contributed by atoms with E-state index in [1.165, 1.54) is 17.3 Å². The largest absolute Gasteiger partial charge is 0.460 e. The zero-order valence-corrected chi connectivity index (χ0v) is 14.2. The number of rotatable bonds is 2. The number of furan rings is 1. The highest BCUT2D eigenvalue weighted by atomic mass is 16.5. The minimum absolute atomic E-state index is 0.0584. The van der Waals surface area contributed by atoms with Crippen molar-refractivity contribution < 1.29 is 19.1 Å². The fourth-order valence-electron chi connectivity index (χ4n) is 2.89. The van der Waals surface area contributed by atoms with E-state index in [1.54, 1.807) is 37.4 Å². The molecule has 4 rings (SSSR count). The molecule has 1 aliphatic heterocycles. The second-order valence-corrected chi connectivity index (χ2v) is 5.97. The van der Waals surface area contributed by atoms with Crippen LogP contribution in [0.25, 0.3) is 23.2 Å². The maximum atomic E-state index is 12.8. The number of fused-ring (bicyclic) bond motifs is 1. The second kappa shape index (κ2) is 5.69. The lowest BCUT2D eigenvalue weighted by atomic mass is 10.1. The van der Waals surface area contributed by atoms with Crippen LogP contribution < -0.4 is 10.5 Å². The van der Waals surface area contributed by atoms with Gasteiger partial charge in [-0.15, -0.1) is 0 Å². The Morgan fingerprint density at radius 1 is 1.19 bits per heavy atom. The topological polar surface area (TPSA) is 109 Å². The van der Waals surface area contributed by atoms with Gasteiger partial charge in [-0.3, -0.25) is 10.0 Å². The van der Waals surface area contributed by atoms with Gasteiger partial charge in [0.1, 0.15) is 17.1 Å². The number of hydrogen-bond donors (Lipinski definition) is 2. The van der Waals surface area contributed by atoms with Gasteiger partial charge in [0.2, 0.25) is 18.3 Å². The van der Waals surface area contributed by atoms with E-state index in [1.807, 2.05) is 6.92 Å². The molecule has 3 aromatic heterocycles. The van der Waals surface area contributed by atoms with Crippen molar-refractivity contribution in [1.29, 1.82) is 0 Å². The highest BCUT2D eigenvalue weighted by Crippen LogP contribution is 2.37. The number of pyridine rings is 1. The van der Waals surface area contributed by atoms with Crippen molar-refractivity contribution in [1.82, 2.24) is 14.9 Å². The second-order valence-electron chi connectivity index (χ2n) is 5.97. The fraction of sp³-hybridized carbons (Fsp3) is 0.111. The monoisotopic (exact) mass is 350 g/mol. The molecule has 0 atom stereocenters. The highest BCUT2D eigenvalue weighted by Gasteiger charge is 2.36. The first-order valence-corrected chi connectivity index (χ1v) is 7.89. The van der Waals surface area contributed by atoms with Gasteiger partial charge in [0, 0.05) is 23.9 Å². The zero-order valence-electron chi connectivity index (χ0n) is 14.2. The Labute approximate surface area is 148 Å². The molecule has 0 unspecified atom stereocenters. The normalized spacial score (nSPS) is 14.9. The van der Waals surface area contributed by atoms with E-state index in [2.05, 4.69) is 9.97 Å². The van der Waals surface area contributed by atoms with Crippen molar-refractivity contribution >= 4 is 23.6 Å².